The van der Waals surface area contributed by atoms with Crippen LogP contribution in [-0.2, 0) is 26.2 Å². The summed E-state index contributed by atoms with van der Waals surface area (Å²) in [6.07, 6.45) is 2.46. The fraction of sp³-hybridized carbons (Fsp3) is 0.440. The van der Waals surface area contributed by atoms with Gasteiger partial charge in [-0.25, -0.2) is 8.42 Å². The lowest BCUT2D eigenvalue weighted by molar-refractivity contribution is -0.140. The Balaban J connectivity index is 2.13. The van der Waals surface area contributed by atoms with Crippen LogP contribution in [0.5, 0.6) is 0 Å². The molecule has 2 rings (SSSR count). The normalized spacial score (nSPS) is 12.1. The molecule has 0 aromatic heterocycles. The highest BCUT2D eigenvalue weighted by Crippen LogP contribution is 2.23. The van der Waals surface area contributed by atoms with Crippen LogP contribution in [0.25, 0.3) is 0 Å². The fourth-order valence-electron chi connectivity index (χ4n) is 3.58. The molecule has 180 valence electrons. The number of nitrogens with one attached hydrogen (secondary N) is 1. The maximum atomic E-state index is 13.2. The van der Waals surface area contributed by atoms with Crippen molar-refractivity contribution in [3.05, 3.63) is 65.7 Å². The molecular formula is C25H35N3O4S. The molecule has 2 aromatic carbocycles. The zero-order valence-electron chi connectivity index (χ0n) is 20.0. The molecule has 2 aromatic rings. The molecule has 33 heavy (non-hydrogen) atoms. The van der Waals surface area contributed by atoms with E-state index in [0.29, 0.717) is 25.2 Å². The first-order chi connectivity index (χ1) is 15.6. The number of benzene rings is 2. The standard InChI is InChI=1S/C25H35N3O4S/c1-5-17-26-25(30)21(3)27(19-22-13-7-6-8-14-22)24(29)16-11-18-28(33(4,31)32)23-15-10-9-12-20(23)2/h6-10,12-15,21H,5,11,16-19H2,1-4H3,(H,26,30). The lowest BCUT2D eigenvalue weighted by Gasteiger charge is -2.29. The molecule has 0 heterocycles. The highest BCUT2D eigenvalue weighted by atomic mass is 32.2. The summed E-state index contributed by atoms with van der Waals surface area (Å²) in [7, 11) is -3.50. The topological polar surface area (TPSA) is 86.8 Å². The summed E-state index contributed by atoms with van der Waals surface area (Å²) in [5.74, 6) is -0.380. The van der Waals surface area contributed by atoms with Gasteiger partial charge in [0.25, 0.3) is 0 Å². The smallest absolute Gasteiger partial charge is 0.242 e. The summed E-state index contributed by atoms with van der Waals surface area (Å²) >= 11 is 0. The van der Waals surface area contributed by atoms with Gasteiger partial charge in [-0.2, -0.15) is 0 Å². The third-order valence-electron chi connectivity index (χ3n) is 5.45. The Kier molecular flexibility index (Phi) is 9.91. The van der Waals surface area contributed by atoms with E-state index in [2.05, 4.69) is 5.32 Å². The van der Waals surface area contributed by atoms with E-state index in [1.165, 1.54) is 10.6 Å². The summed E-state index contributed by atoms with van der Waals surface area (Å²) in [4.78, 5) is 27.3. The van der Waals surface area contributed by atoms with E-state index in [9.17, 15) is 18.0 Å². The van der Waals surface area contributed by atoms with Crippen molar-refractivity contribution < 1.29 is 18.0 Å². The van der Waals surface area contributed by atoms with Crippen molar-refractivity contribution >= 4 is 27.5 Å². The number of carbonyl (C=O) groups excluding carboxylic acids is 2. The number of para-hydroxylation sites is 1. The third-order valence-corrected chi connectivity index (χ3v) is 6.63. The zero-order valence-corrected chi connectivity index (χ0v) is 20.8. The van der Waals surface area contributed by atoms with Crippen LogP contribution in [0.3, 0.4) is 0 Å². The molecule has 1 unspecified atom stereocenters. The van der Waals surface area contributed by atoms with Crippen LogP contribution in [0.4, 0.5) is 5.69 Å². The first-order valence-electron chi connectivity index (χ1n) is 11.3. The molecule has 0 aliphatic carbocycles. The second kappa shape index (κ2) is 12.4. The van der Waals surface area contributed by atoms with Crippen LogP contribution in [0.15, 0.2) is 54.6 Å². The molecule has 0 spiro atoms. The van der Waals surface area contributed by atoms with Crippen molar-refractivity contribution in [2.24, 2.45) is 0 Å². The maximum absolute atomic E-state index is 13.2. The van der Waals surface area contributed by atoms with Crippen LogP contribution in [-0.4, -0.2) is 50.5 Å². The number of aryl methyl sites for hydroxylation is 1. The first kappa shape index (κ1) is 26.4. The third kappa shape index (κ3) is 7.89. The fourth-order valence-corrected chi connectivity index (χ4v) is 4.61. The number of rotatable bonds is 12. The van der Waals surface area contributed by atoms with E-state index in [1.807, 2.05) is 56.3 Å². The number of hydrogen-bond donors (Lipinski definition) is 1. The summed E-state index contributed by atoms with van der Waals surface area (Å²) in [6.45, 7) is 6.61. The van der Waals surface area contributed by atoms with Crippen LogP contribution in [0.1, 0.15) is 44.2 Å². The Labute approximate surface area is 197 Å². The van der Waals surface area contributed by atoms with E-state index in [1.54, 1.807) is 24.0 Å². The van der Waals surface area contributed by atoms with Gasteiger partial charge in [0.2, 0.25) is 21.8 Å². The minimum Gasteiger partial charge on any atom is -0.354 e. The molecule has 7 nitrogen and oxygen atoms in total. The monoisotopic (exact) mass is 473 g/mol. The molecule has 0 bridgehead atoms. The number of sulfonamides is 1. The van der Waals surface area contributed by atoms with Crippen molar-refractivity contribution in [3.8, 4) is 0 Å². The summed E-state index contributed by atoms with van der Waals surface area (Å²) in [5.41, 5.74) is 2.39. The van der Waals surface area contributed by atoms with Crippen molar-refractivity contribution in [2.45, 2.75) is 52.6 Å². The lowest BCUT2D eigenvalue weighted by Crippen LogP contribution is -2.47. The minimum atomic E-state index is -3.50. The SMILES string of the molecule is CCCNC(=O)C(C)N(Cc1ccccc1)C(=O)CCCN(c1ccccc1C)S(C)(=O)=O. The molecule has 0 aliphatic rings. The Morgan fingerprint density at radius 3 is 2.27 bits per heavy atom. The summed E-state index contributed by atoms with van der Waals surface area (Å²) < 4.78 is 26.2. The molecule has 8 heteroatoms. The summed E-state index contributed by atoms with van der Waals surface area (Å²) in [5, 5.41) is 2.85. The highest BCUT2D eigenvalue weighted by molar-refractivity contribution is 7.92. The highest BCUT2D eigenvalue weighted by Gasteiger charge is 2.26. The average molecular weight is 474 g/mol. The average Bonchev–Trinajstić information content (AvgIpc) is 2.78. The number of carbonyl (C=O) groups is 2. The summed E-state index contributed by atoms with van der Waals surface area (Å²) in [6, 6.07) is 16.2. The second-order valence-corrected chi connectivity index (χ2v) is 10.1. The van der Waals surface area contributed by atoms with Crippen molar-refractivity contribution in [3.63, 3.8) is 0 Å². The Bertz CT molecular complexity index is 1020. The Hall–Kier alpha value is -2.87. The van der Waals surface area contributed by atoms with Gasteiger partial charge >= 0.3 is 0 Å². The molecule has 0 saturated heterocycles. The lowest BCUT2D eigenvalue weighted by atomic mass is 10.1. The van der Waals surface area contributed by atoms with Gasteiger partial charge in [-0.05, 0) is 43.9 Å². The van der Waals surface area contributed by atoms with Crippen LogP contribution < -0.4 is 9.62 Å². The number of amides is 2. The molecule has 0 saturated carbocycles. The quantitative estimate of drug-likeness (QED) is 0.511. The van der Waals surface area contributed by atoms with E-state index >= 15 is 0 Å². The molecule has 0 aliphatic heterocycles. The molecule has 2 amide bonds. The predicted octanol–water partition coefficient (Wildman–Crippen LogP) is 3.48. The maximum Gasteiger partial charge on any atom is 0.242 e. The first-order valence-corrected chi connectivity index (χ1v) is 13.1. The van der Waals surface area contributed by atoms with Crippen LogP contribution in [0.2, 0.25) is 0 Å². The van der Waals surface area contributed by atoms with E-state index in [0.717, 1.165) is 17.5 Å². The molecule has 0 radical (unpaired) electrons. The van der Waals surface area contributed by atoms with Gasteiger partial charge in [0, 0.05) is 26.1 Å². The molecular weight excluding hydrogens is 438 g/mol. The number of anilines is 1. The van der Waals surface area contributed by atoms with Crippen LogP contribution >= 0.6 is 0 Å². The Morgan fingerprint density at radius 1 is 1.03 bits per heavy atom. The van der Waals surface area contributed by atoms with Gasteiger partial charge < -0.3 is 10.2 Å². The van der Waals surface area contributed by atoms with Crippen LogP contribution in [0, 0.1) is 6.92 Å². The van der Waals surface area contributed by atoms with Crippen molar-refractivity contribution in [1.82, 2.24) is 10.2 Å². The van der Waals surface area contributed by atoms with Crippen molar-refractivity contribution in [2.75, 3.05) is 23.7 Å². The number of nitrogens with zero attached hydrogens (tertiary/aromatic N) is 2. The molecule has 1 N–H and O–H groups in total. The van der Waals surface area contributed by atoms with E-state index in [4.69, 9.17) is 0 Å². The van der Waals surface area contributed by atoms with Gasteiger partial charge in [0.1, 0.15) is 6.04 Å². The van der Waals surface area contributed by atoms with Crippen molar-refractivity contribution in [1.29, 1.82) is 0 Å². The minimum absolute atomic E-state index is 0.135. The van der Waals surface area contributed by atoms with Gasteiger partial charge in [-0.1, -0.05) is 55.5 Å². The van der Waals surface area contributed by atoms with Gasteiger partial charge in [-0.15, -0.1) is 0 Å². The molecule has 1 atom stereocenters. The van der Waals surface area contributed by atoms with Gasteiger partial charge in [0.05, 0.1) is 11.9 Å². The number of hydrogen-bond acceptors (Lipinski definition) is 4. The van der Waals surface area contributed by atoms with E-state index in [-0.39, 0.29) is 24.8 Å². The second-order valence-electron chi connectivity index (χ2n) is 8.20. The van der Waals surface area contributed by atoms with Gasteiger partial charge in [0.15, 0.2) is 0 Å². The molecule has 0 fully saturated rings. The Morgan fingerprint density at radius 2 is 1.67 bits per heavy atom. The largest absolute Gasteiger partial charge is 0.354 e. The predicted molar refractivity (Wildman–Crippen MR) is 132 cm³/mol. The van der Waals surface area contributed by atoms with Gasteiger partial charge in [-0.3, -0.25) is 13.9 Å². The zero-order chi connectivity index (χ0) is 24.4. The van der Waals surface area contributed by atoms with E-state index < -0.39 is 16.1 Å².